The third kappa shape index (κ3) is 16.6. The summed E-state index contributed by atoms with van der Waals surface area (Å²) in [5, 5.41) is 10.6. The van der Waals surface area contributed by atoms with Crippen LogP contribution < -0.4 is 16.2 Å². The van der Waals surface area contributed by atoms with Gasteiger partial charge in [0.25, 0.3) is 5.69 Å². The molecule has 56 heavy (non-hydrogen) atoms. The molecule has 0 aliphatic heterocycles. The molecule has 0 unspecified atom stereocenters. The summed E-state index contributed by atoms with van der Waals surface area (Å²) in [6.07, 6.45) is 13.1. The van der Waals surface area contributed by atoms with Gasteiger partial charge in [0, 0.05) is 73.9 Å². The number of benzene rings is 1. The lowest BCUT2D eigenvalue weighted by Crippen LogP contribution is -2.37. The monoisotopic (exact) mass is 793 g/mol. The fourth-order valence-corrected chi connectivity index (χ4v) is 4.38. The zero-order valence-corrected chi connectivity index (χ0v) is 32.7. The number of pyridine rings is 2. The van der Waals surface area contributed by atoms with Crippen LogP contribution in [0.4, 0.5) is 15.3 Å². The maximum Gasteiger partial charge on any atom is 0.424 e. The highest BCUT2D eigenvalue weighted by Gasteiger charge is 2.15. The first kappa shape index (κ1) is 47.5. The standard InChI is InChI=1S/C15H10N4O4.C12H13N5O2.C6H15N.C4H9NO.ClH/c20-15(23-13-5-3-12(4-6-13)19(21)22)18-9-14(17-10-18)11-2-1-7-16-8-11;1-16(7-11(13)18)12(19)17-6-10(15-8-17)9-3-2-4-14-5-9;1-4-7(5-2)6-3;1-2-3-4(5)6;/h1-10H;2-6,8H,7H2,1H3,(H2,13,18);4-6H2,1-3H3;2-3H2,1H3,(H2,5,6);1H. The molecule has 1 aromatic carbocycles. The van der Waals surface area contributed by atoms with Gasteiger partial charge in [-0.1, -0.05) is 27.7 Å². The average Bonchev–Trinajstić information content (AvgIpc) is 3.89. The minimum atomic E-state index is -0.665. The highest BCUT2D eigenvalue weighted by atomic mass is 35.5. The largest absolute Gasteiger partial charge is 0.424 e. The van der Waals surface area contributed by atoms with Crippen molar-refractivity contribution < 1.29 is 28.8 Å². The molecule has 0 atom stereocenters. The van der Waals surface area contributed by atoms with Crippen LogP contribution in [0, 0.1) is 10.1 Å². The molecule has 18 nitrogen and oxygen atoms in total. The quantitative estimate of drug-likeness (QED) is 0.128. The van der Waals surface area contributed by atoms with Crippen LogP contribution in [-0.4, -0.2) is 101 Å². The lowest BCUT2D eigenvalue weighted by Gasteiger charge is -2.14. The lowest BCUT2D eigenvalue weighted by molar-refractivity contribution is -0.384. The summed E-state index contributed by atoms with van der Waals surface area (Å²) in [6, 6.07) is 12.1. The predicted octanol–water partition coefficient (Wildman–Crippen LogP) is 5.27. The van der Waals surface area contributed by atoms with Gasteiger partial charge in [0.2, 0.25) is 11.8 Å². The third-order valence-electron chi connectivity index (χ3n) is 7.32. The Balaban J connectivity index is 0.000000426. The first-order chi connectivity index (χ1) is 26.3. The highest BCUT2D eigenvalue weighted by Crippen LogP contribution is 2.19. The number of hydrogen-bond acceptors (Lipinski definition) is 12. The van der Waals surface area contributed by atoms with E-state index >= 15 is 0 Å². The van der Waals surface area contributed by atoms with Gasteiger partial charge in [-0.2, -0.15) is 0 Å². The van der Waals surface area contributed by atoms with Crippen molar-refractivity contribution in [3.8, 4) is 28.3 Å². The number of carbonyl (C=O) groups is 4. The summed E-state index contributed by atoms with van der Waals surface area (Å²) in [5.74, 6) is -0.571. The maximum atomic E-state index is 12.0. The van der Waals surface area contributed by atoms with Crippen LogP contribution in [0.15, 0.2) is 98.4 Å². The van der Waals surface area contributed by atoms with Crippen LogP contribution in [-0.2, 0) is 9.59 Å². The van der Waals surface area contributed by atoms with Crippen LogP contribution in [0.3, 0.4) is 0 Å². The number of rotatable bonds is 11. The van der Waals surface area contributed by atoms with Crippen LogP contribution in [0.25, 0.3) is 22.5 Å². The first-order valence-corrected chi connectivity index (χ1v) is 17.2. The molecule has 0 aliphatic rings. The molecule has 5 aromatic rings. The second kappa shape index (κ2) is 25.5. The van der Waals surface area contributed by atoms with Gasteiger partial charge < -0.3 is 26.0 Å². The fraction of sp³-hybridized carbons (Fsp3) is 0.297. The molecule has 0 saturated carbocycles. The summed E-state index contributed by atoms with van der Waals surface area (Å²) < 4.78 is 7.61. The van der Waals surface area contributed by atoms with E-state index in [0.717, 1.165) is 17.5 Å². The van der Waals surface area contributed by atoms with Crippen LogP contribution in [0.2, 0.25) is 0 Å². The second-order valence-corrected chi connectivity index (χ2v) is 11.4. The molecule has 0 radical (unpaired) electrons. The normalized spacial score (nSPS) is 9.82. The van der Waals surface area contributed by atoms with Gasteiger partial charge in [-0.3, -0.25) is 34.2 Å². The smallest absolute Gasteiger partial charge is 0.410 e. The maximum absolute atomic E-state index is 12.0. The van der Waals surface area contributed by atoms with E-state index in [1.54, 1.807) is 43.1 Å². The van der Waals surface area contributed by atoms with Crippen molar-refractivity contribution in [3.05, 3.63) is 108 Å². The van der Waals surface area contributed by atoms with Gasteiger partial charge in [0.15, 0.2) is 0 Å². The first-order valence-electron chi connectivity index (χ1n) is 17.2. The highest BCUT2D eigenvalue weighted by molar-refractivity contribution is 5.85. The molecule has 300 valence electrons. The Morgan fingerprint density at radius 2 is 1.29 bits per heavy atom. The van der Waals surface area contributed by atoms with Crippen molar-refractivity contribution in [2.45, 2.75) is 40.5 Å². The van der Waals surface area contributed by atoms with E-state index in [1.807, 2.05) is 19.1 Å². The molecule has 4 heterocycles. The molecule has 3 amide bonds. The molecule has 0 bridgehead atoms. The van der Waals surface area contributed by atoms with Gasteiger partial charge in [-0.15, -0.1) is 12.4 Å². The molecule has 4 N–H and O–H groups in total. The number of non-ortho nitro benzene ring substituents is 1. The zero-order chi connectivity index (χ0) is 40.8. The van der Waals surface area contributed by atoms with Gasteiger partial charge in [-0.05, 0) is 62.5 Å². The molecule has 5 rings (SSSR count). The number of likely N-dealkylation sites (N-methyl/N-ethyl adjacent to an activating group) is 1. The van der Waals surface area contributed by atoms with Crippen molar-refractivity contribution in [1.82, 2.24) is 38.9 Å². The number of amides is 3. The Morgan fingerprint density at radius 3 is 1.66 bits per heavy atom. The Morgan fingerprint density at radius 1 is 0.786 bits per heavy atom. The topological polar surface area (TPSA) is 241 Å². The average molecular weight is 794 g/mol. The number of primary amides is 2. The Kier molecular flexibility index (Phi) is 21.6. The van der Waals surface area contributed by atoms with Gasteiger partial charge >= 0.3 is 12.1 Å². The third-order valence-corrected chi connectivity index (χ3v) is 7.32. The minimum absolute atomic E-state index is 0. The minimum Gasteiger partial charge on any atom is -0.410 e. The lowest BCUT2D eigenvalue weighted by atomic mass is 10.2. The predicted molar refractivity (Wildman–Crippen MR) is 213 cm³/mol. The van der Waals surface area contributed by atoms with Crippen molar-refractivity contribution in [2.75, 3.05) is 33.2 Å². The Hall–Kier alpha value is -6.53. The number of nitrogens with zero attached hydrogens (tertiary/aromatic N) is 9. The van der Waals surface area contributed by atoms with E-state index in [4.69, 9.17) is 16.2 Å². The van der Waals surface area contributed by atoms with Crippen LogP contribution in [0.5, 0.6) is 5.75 Å². The number of carbonyl (C=O) groups excluding carboxylic acids is 4. The van der Waals surface area contributed by atoms with Gasteiger partial charge in [-0.25, -0.2) is 24.1 Å². The molecular formula is C37H48ClN11O7. The van der Waals surface area contributed by atoms with E-state index in [9.17, 15) is 29.3 Å². The Labute approximate surface area is 331 Å². The summed E-state index contributed by atoms with van der Waals surface area (Å²) >= 11 is 0. The zero-order valence-electron chi connectivity index (χ0n) is 31.9. The number of hydrogen-bond donors (Lipinski definition) is 2. The van der Waals surface area contributed by atoms with Crippen molar-refractivity contribution >= 4 is 42.0 Å². The van der Waals surface area contributed by atoms with Crippen LogP contribution in [0.1, 0.15) is 40.5 Å². The van der Waals surface area contributed by atoms with Crippen molar-refractivity contribution in [3.63, 3.8) is 0 Å². The number of nitrogens with two attached hydrogens (primary N) is 2. The number of imidazole rings is 2. The molecule has 19 heteroatoms. The van der Waals surface area contributed by atoms with E-state index in [1.165, 1.54) is 83.8 Å². The van der Waals surface area contributed by atoms with E-state index in [-0.39, 0.29) is 42.3 Å². The second-order valence-electron chi connectivity index (χ2n) is 11.4. The van der Waals surface area contributed by atoms with Crippen molar-refractivity contribution in [2.24, 2.45) is 11.5 Å². The number of aromatic nitrogens is 6. The molecule has 0 aliphatic carbocycles. The molecule has 0 fully saturated rings. The summed E-state index contributed by atoms with van der Waals surface area (Å²) in [4.78, 5) is 74.4. The van der Waals surface area contributed by atoms with E-state index < -0.39 is 16.9 Å². The number of nitro groups is 1. The van der Waals surface area contributed by atoms with Gasteiger partial charge in [0.05, 0.1) is 16.3 Å². The van der Waals surface area contributed by atoms with E-state index in [0.29, 0.717) is 17.8 Å². The van der Waals surface area contributed by atoms with Crippen molar-refractivity contribution in [1.29, 1.82) is 0 Å². The SMILES string of the molecule is CCCC(N)=O.CCN(CC)CC.CN(CC(N)=O)C(=O)n1cnc(-c2cccnc2)c1.Cl.O=C(Oc1ccc([N+](=O)[O-])cc1)n1cnc(-c2cccnc2)c1. The molecule has 0 saturated heterocycles. The molecule has 4 aromatic heterocycles. The fourth-order valence-electron chi connectivity index (χ4n) is 4.38. The molecular weight excluding hydrogens is 746 g/mol. The van der Waals surface area contributed by atoms with E-state index in [2.05, 4.69) is 45.6 Å². The molecule has 0 spiro atoms. The number of halogens is 1. The van der Waals surface area contributed by atoms with Crippen LogP contribution >= 0.6 is 12.4 Å². The Bertz CT molecular complexity index is 1930. The number of ether oxygens (including phenoxy) is 1. The summed E-state index contributed by atoms with van der Waals surface area (Å²) in [7, 11) is 1.50. The summed E-state index contributed by atoms with van der Waals surface area (Å²) in [5.41, 5.74) is 12.5. The number of nitro benzene ring substituents is 1. The summed E-state index contributed by atoms with van der Waals surface area (Å²) in [6.45, 7) is 11.9. The van der Waals surface area contributed by atoms with Gasteiger partial charge in [0.1, 0.15) is 24.9 Å².